The molecule has 13 atom stereocenters. The van der Waals surface area contributed by atoms with Gasteiger partial charge < -0.3 is 24.4 Å². The SMILES string of the molecule is C/C=C(\C)C(=O)O[C@@H]1CC[C@]2(C)[C@H]3CC[C@@]45C[C@]4(CC[C@H]5[C@@H]4C[C@H]([C@H]5OC5(C)C)OC4O)[C@]3(C)[C@H](O)C[C@H]2C1(C)C. The quantitative estimate of drug-likeness (QED) is 0.239. The average Bonchev–Trinajstić information content (AvgIpc) is 3.66. The lowest BCUT2D eigenvalue weighted by Crippen LogP contribution is -2.66. The third-order valence-electron chi connectivity index (χ3n) is 15.2. The second-order valence-corrected chi connectivity index (χ2v) is 17.1. The fraction of sp³-hybridized carbons (Fsp3) is 0.914. The Hall–Kier alpha value is -0.950. The molecule has 7 fully saturated rings. The first-order chi connectivity index (χ1) is 19.1. The van der Waals surface area contributed by atoms with Gasteiger partial charge in [0.25, 0.3) is 0 Å². The molecule has 1 unspecified atom stereocenters. The predicted molar refractivity (Wildman–Crippen MR) is 156 cm³/mol. The van der Waals surface area contributed by atoms with Gasteiger partial charge in [0.05, 0.1) is 17.8 Å². The lowest BCUT2D eigenvalue weighted by molar-refractivity contribution is -0.245. The molecule has 230 valence electrons. The molecule has 5 aliphatic carbocycles. The van der Waals surface area contributed by atoms with Crippen LogP contribution in [-0.2, 0) is 19.0 Å². The molecule has 0 amide bonds. The molecule has 0 aromatic rings. The van der Waals surface area contributed by atoms with Crippen LogP contribution in [0.1, 0.15) is 113 Å². The van der Waals surface area contributed by atoms with E-state index in [2.05, 4.69) is 41.5 Å². The first kappa shape index (κ1) is 28.8. The van der Waals surface area contributed by atoms with Crippen LogP contribution in [0.25, 0.3) is 0 Å². The summed E-state index contributed by atoms with van der Waals surface area (Å²) in [7, 11) is 0. The second kappa shape index (κ2) is 8.61. The van der Waals surface area contributed by atoms with Crippen molar-refractivity contribution in [3.05, 3.63) is 11.6 Å². The maximum Gasteiger partial charge on any atom is 0.333 e. The number of fused-ring (bicyclic) bond motifs is 3. The van der Waals surface area contributed by atoms with Crippen molar-refractivity contribution < 1.29 is 29.2 Å². The van der Waals surface area contributed by atoms with Crippen LogP contribution in [0.15, 0.2) is 11.6 Å². The van der Waals surface area contributed by atoms with Crippen LogP contribution in [0.3, 0.4) is 0 Å². The third kappa shape index (κ3) is 3.48. The normalized spacial score (nSPS) is 56.2. The number of rotatable bonds is 4. The highest BCUT2D eigenvalue weighted by atomic mass is 16.7. The minimum atomic E-state index is -0.704. The standard InChI is InChI=1S/C35H54O6/c1-9-19(2)28(37)40-26-12-13-32(7)23-11-14-34-18-35(34,33(23,8)25(36)17-24(32)30(26,3)4)15-10-21(34)20-16-22(39-29(20)38)27-31(5,6)41-27/h9,20-27,29,36,38H,10-18H2,1-8H3/b19-9+/t20-,21-,22+,23+,24-,25+,26+,27+,29?,32+,33-,34-,35+/m0/s1. The van der Waals surface area contributed by atoms with Gasteiger partial charge in [-0.05, 0) is 119 Å². The molecule has 0 spiro atoms. The highest BCUT2D eigenvalue weighted by Gasteiger charge is 2.86. The largest absolute Gasteiger partial charge is 0.458 e. The van der Waals surface area contributed by atoms with E-state index in [1.807, 2.05) is 19.9 Å². The number of carbonyl (C=O) groups excluding carboxylic acids is 1. The summed E-state index contributed by atoms with van der Waals surface area (Å²) in [5.41, 5.74) is 0.673. The van der Waals surface area contributed by atoms with E-state index < -0.39 is 6.29 Å². The van der Waals surface area contributed by atoms with Crippen molar-refractivity contribution in [1.82, 2.24) is 0 Å². The maximum absolute atomic E-state index is 12.8. The number of aliphatic hydroxyl groups excluding tert-OH is 2. The predicted octanol–water partition coefficient (Wildman–Crippen LogP) is 6.18. The molecular weight excluding hydrogens is 516 g/mol. The zero-order chi connectivity index (χ0) is 29.5. The average molecular weight is 571 g/mol. The van der Waals surface area contributed by atoms with Crippen molar-refractivity contribution in [2.45, 2.75) is 149 Å². The summed E-state index contributed by atoms with van der Waals surface area (Å²) in [5.74, 6) is 1.17. The van der Waals surface area contributed by atoms with Gasteiger partial charge in [-0.2, -0.15) is 0 Å². The highest BCUT2D eigenvalue weighted by molar-refractivity contribution is 5.87. The summed E-state index contributed by atoms with van der Waals surface area (Å²) in [6.45, 7) is 17.5. The van der Waals surface area contributed by atoms with Crippen LogP contribution < -0.4 is 0 Å². The molecule has 0 bridgehead atoms. The Labute approximate surface area is 247 Å². The summed E-state index contributed by atoms with van der Waals surface area (Å²) < 4.78 is 18.2. The van der Waals surface area contributed by atoms with Crippen molar-refractivity contribution in [3.8, 4) is 0 Å². The van der Waals surface area contributed by atoms with E-state index >= 15 is 0 Å². The zero-order valence-electron chi connectivity index (χ0n) is 26.7. The first-order valence-electron chi connectivity index (χ1n) is 16.6. The molecule has 2 aliphatic heterocycles. The first-order valence-corrected chi connectivity index (χ1v) is 16.6. The number of ether oxygens (including phenoxy) is 3. The minimum absolute atomic E-state index is 0.00913. The van der Waals surface area contributed by atoms with E-state index in [1.54, 1.807) is 0 Å². The molecule has 0 aromatic heterocycles. The van der Waals surface area contributed by atoms with Crippen LogP contribution in [0, 0.1) is 50.7 Å². The van der Waals surface area contributed by atoms with E-state index in [0.717, 1.165) is 44.9 Å². The Morgan fingerprint density at radius 3 is 2.32 bits per heavy atom. The Kier molecular flexibility index (Phi) is 6.05. The van der Waals surface area contributed by atoms with Gasteiger partial charge in [0.1, 0.15) is 12.2 Å². The molecule has 0 radical (unpaired) electrons. The molecule has 2 N–H and O–H groups in total. The lowest BCUT2D eigenvalue weighted by atomic mass is 9.37. The highest BCUT2D eigenvalue weighted by Crippen LogP contribution is 2.91. The van der Waals surface area contributed by atoms with E-state index in [1.165, 1.54) is 12.8 Å². The number of epoxide rings is 1. The second-order valence-electron chi connectivity index (χ2n) is 17.1. The van der Waals surface area contributed by atoms with Gasteiger partial charge >= 0.3 is 5.97 Å². The number of aliphatic hydroxyl groups is 2. The van der Waals surface area contributed by atoms with Gasteiger partial charge in [-0.1, -0.05) is 33.8 Å². The van der Waals surface area contributed by atoms with Crippen molar-refractivity contribution >= 4 is 5.97 Å². The number of hydrogen-bond donors (Lipinski definition) is 2. The molecule has 41 heavy (non-hydrogen) atoms. The van der Waals surface area contributed by atoms with Gasteiger partial charge in [-0.25, -0.2) is 4.79 Å². The Morgan fingerprint density at radius 2 is 1.66 bits per heavy atom. The Bertz CT molecular complexity index is 1160. The van der Waals surface area contributed by atoms with E-state index in [9.17, 15) is 15.0 Å². The van der Waals surface area contributed by atoms with Crippen LogP contribution in [0.5, 0.6) is 0 Å². The summed E-state index contributed by atoms with van der Waals surface area (Å²) in [6, 6.07) is 0. The molecule has 7 rings (SSSR count). The number of allylic oxidation sites excluding steroid dienone is 1. The van der Waals surface area contributed by atoms with Crippen molar-refractivity contribution in [2.75, 3.05) is 0 Å². The molecule has 6 nitrogen and oxygen atoms in total. The number of hydrogen-bond acceptors (Lipinski definition) is 6. The lowest BCUT2D eigenvalue weighted by Gasteiger charge is -2.68. The van der Waals surface area contributed by atoms with Crippen LogP contribution >= 0.6 is 0 Å². The van der Waals surface area contributed by atoms with E-state index in [4.69, 9.17) is 14.2 Å². The van der Waals surface area contributed by atoms with Crippen LogP contribution in [0.2, 0.25) is 0 Å². The molecule has 0 aromatic carbocycles. The zero-order valence-corrected chi connectivity index (χ0v) is 26.7. The van der Waals surface area contributed by atoms with Gasteiger partial charge in [-0.3, -0.25) is 0 Å². The number of esters is 1. The van der Waals surface area contributed by atoms with Gasteiger partial charge in [0, 0.05) is 22.3 Å². The molecule has 2 heterocycles. The fourth-order valence-electron chi connectivity index (χ4n) is 12.9. The fourth-order valence-corrected chi connectivity index (χ4v) is 12.9. The number of carbonyl (C=O) groups is 1. The van der Waals surface area contributed by atoms with Gasteiger partial charge in [0.2, 0.25) is 0 Å². The van der Waals surface area contributed by atoms with Gasteiger partial charge in [-0.15, -0.1) is 0 Å². The summed E-state index contributed by atoms with van der Waals surface area (Å²) in [5, 5.41) is 23.4. The summed E-state index contributed by atoms with van der Waals surface area (Å²) in [6.07, 6.45) is 10.1. The smallest absolute Gasteiger partial charge is 0.333 e. The topological polar surface area (TPSA) is 88.5 Å². The van der Waals surface area contributed by atoms with Gasteiger partial charge in [0.15, 0.2) is 6.29 Å². The third-order valence-corrected chi connectivity index (χ3v) is 15.2. The van der Waals surface area contributed by atoms with E-state index in [-0.39, 0.29) is 69.0 Å². The molecule has 5 saturated carbocycles. The molecule has 7 aliphatic rings. The monoisotopic (exact) mass is 570 g/mol. The minimum Gasteiger partial charge on any atom is -0.458 e. The molecular formula is C35H54O6. The van der Waals surface area contributed by atoms with Crippen LogP contribution in [0.4, 0.5) is 0 Å². The molecule has 6 heteroatoms. The van der Waals surface area contributed by atoms with Crippen molar-refractivity contribution in [1.29, 1.82) is 0 Å². The Balaban J connectivity index is 1.15. The molecule has 2 saturated heterocycles. The summed E-state index contributed by atoms with van der Waals surface area (Å²) in [4.78, 5) is 12.8. The van der Waals surface area contributed by atoms with Crippen molar-refractivity contribution in [2.24, 2.45) is 50.7 Å². The van der Waals surface area contributed by atoms with Crippen molar-refractivity contribution in [3.63, 3.8) is 0 Å². The summed E-state index contributed by atoms with van der Waals surface area (Å²) >= 11 is 0. The Morgan fingerprint density at radius 1 is 0.951 bits per heavy atom. The van der Waals surface area contributed by atoms with E-state index in [0.29, 0.717) is 23.3 Å². The van der Waals surface area contributed by atoms with Crippen LogP contribution in [-0.4, -0.2) is 52.5 Å². The maximum atomic E-state index is 12.8.